The first kappa shape index (κ1) is 13.5. The second-order valence-corrected chi connectivity index (χ2v) is 4.91. The molecule has 0 fully saturated rings. The van der Waals surface area contributed by atoms with E-state index >= 15 is 0 Å². The standard InChI is InChI=1S/C10H21N5S/c1-4-15-9(8-11)12-13-10(15)16-7-5-6-14(2)3/h4-8,11H2,1-3H3. The maximum Gasteiger partial charge on any atom is 0.191 e. The molecule has 5 nitrogen and oxygen atoms in total. The molecule has 1 aromatic heterocycles. The summed E-state index contributed by atoms with van der Waals surface area (Å²) in [5.74, 6) is 1.94. The third-order valence-electron chi connectivity index (χ3n) is 2.27. The van der Waals surface area contributed by atoms with E-state index in [4.69, 9.17) is 5.73 Å². The van der Waals surface area contributed by atoms with Gasteiger partial charge in [-0.05, 0) is 34.0 Å². The van der Waals surface area contributed by atoms with E-state index < -0.39 is 0 Å². The Bertz CT molecular complexity index is 310. The van der Waals surface area contributed by atoms with Gasteiger partial charge >= 0.3 is 0 Å². The highest BCUT2D eigenvalue weighted by molar-refractivity contribution is 7.99. The number of thioether (sulfide) groups is 1. The van der Waals surface area contributed by atoms with Gasteiger partial charge in [0, 0.05) is 12.3 Å². The van der Waals surface area contributed by atoms with E-state index in [-0.39, 0.29) is 0 Å². The minimum absolute atomic E-state index is 0.457. The van der Waals surface area contributed by atoms with Gasteiger partial charge in [-0.25, -0.2) is 0 Å². The first-order chi connectivity index (χ1) is 7.69. The molecule has 0 unspecified atom stereocenters. The van der Waals surface area contributed by atoms with Gasteiger partial charge in [-0.15, -0.1) is 10.2 Å². The quantitative estimate of drug-likeness (QED) is 0.567. The van der Waals surface area contributed by atoms with Gasteiger partial charge in [-0.1, -0.05) is 11.8 Å². The van der Waals surface area contributed by atoms with Crippen LogP contribution in [-0.4, -0.2) is 46.1 Å². The molecular formula is C10H21N5S. The molecule has 0 saturated carbocycles. The van der Waals surface area contributed by atoms with E-state index in [1.165, 1.54) is 0 Å². The molecule has 0 amide bonds. The Hall–Kier alpha value is -0.590. The van der Waals surface area contributed by atoms with Crippen molar-refractivity contribution in [2.24, 2.45) is 5.73 Å². The number of hydrogen-bond donors (Lipinski definition) is 1. The number of rotatable bonds is 7. The van der Waals surface area contributed by atoms with Crippen LogP contribution in [0, 0.1) is 0 Å². The van der Waals surface area contributed by atoms with E-state index in [1.807, 2.05) is 0 Å². The number of nitrogens with two attached hydrogens (primary N) is 1. The predicted octanol–water partition coefficient (Wildman–Crippen LogP) is 0.800. The van der Waals surface area contributed by atoms with E-state index in [9.17, 15) is 0 Å². The lowest BCUT2D eigenvalue weighted by molar-refractivity contribution is 0.410. The highest BCUT2D eigenvalue weighted by atomic mass is 32.2. The number of hydrogen-bond acceptors (Lipinski definition) is 5. The highest BCUT2D eigenvalue weighted by Crippen LogP contribution is 2.17. The average molecular weight is 243 g/mol. The number of nitrogens with zero attached hydrogens (tertiary/aromatic N) is 4. The summed E-state index contributed by atoms with van der Waals surface area (Å²) >= 11 is 1.76. The summed E-state index contributed by atoms with van der Waals surface area (Å²) in [6.07, 6.45) is 1.16. The van der Waals surface area contributed by atoms with Crippen molar-refractivity contribution in [3.63, 3.8) is 0 Å². The van der Waals surface area contributed by atoms with Gasteiger partial charge in [0.25, 0.3) is 0 Å². The minimum atomic E-state index is 0.457. The molecule has 0 atom stereocenters. The van der Waals surface area contributed by atoms with Crippen molar-refractivity contribution < 1.29 is 0 Å². The molecule has 16 heavy (non-hydrogen) atoms. The zero-order valence-electron chi connectivity index (χ0n) is 10.3. The molecule has 0 aliphatic rings. The van der Waals surface area contributed by atoms with Gasteiger partial charge in [-0.3, -0.25) is 0 Å². The predicted molar refractivity (Wildman–Crippen MR) is 67.5 cm³/mol. The largest absolute Gasteiger partial charge is 0.324 e. The zero-order valence-corrected chi connectivity index (χ0v) is 11.1. The first-order valence-electron chi connectivity index (χ1n) is 5.58. The molecular weight excluding hydrogens is 222 g/mol. The Balaban J connectivity index is 2.44. The van der Waals surface area contributed by atoms with Gasteiger partial charge in [0.05, 0.1) is 6.54 Å². The van der Waals surface area contributed by atoms with Crippen LogP contribution in [0.2, 0.25) is 0 Å². The smallest absolute Gasteiger partial charge is 0.191 e. The summed E-state index contributed by atoms with van der Waals surface area (Å²) < 4.78 is 2.08. The van der Waals surface area contributed by atoms with Gasteiger partial charge < -0.3 is 15.2 Å². The van der Waals surface area contributed by atoms with E-state index in [1.54, 1.807) is 11.8 Å². The van der Waals surface area contributed by atoms with Gasteiger partial charge in [0.2, 0.25) is 0 Å². The Morgan fingerprint density at radius 3 is 2.69 bits per heavy atom. The van der Waals surface area contributed by atoms with Crippen molar-refractivity contribution in [1.82, 2.24) is 19.7 Å². The van der Waals surface area contributed by atoms with Crippen LogP contribution in [0.25, 0.3) is 0 Å². The Kier molecular flexibility index (Phi) is 5.79. The maximum atomic E-state index is 5.59. The third-order valence-corrected chi connectivity index (χ3v) is 3.33. The summed E-state index contributed by atoms with van der Waals surface area (Å²) in [7, 11) is 4.18. The molecule has 0 saturated heterocycles. The Morgan fingerprint density at radius 2 is 2.12 bits per heavy atom. The monoisotopic (exact) mass is 243 g/mol. The van der Waals surface area contributed by atoms with Crippen molar-refractivity contribution in [3.8, 4) is 0 Å². The topological polar surface area (TPSA) is 60.0 Å². The summed E-state index contributed by atoms with van der Waals surface area (Å²) in [4.78, 5) is 2.19. The van der Waals surface area contributed by atoms with E-state index in [0.29, 0.717) is 6.54 Å². The van der Waals surface area contributed by atoms with E-state index in [2.05, 4.69) is 40.7 Å². The van der Waals surface area contributed by atoms with Crippen molar-refractivity contribution in [2.75, 3.05) is 26.4 Å². The zero-order chi connectivity index (χ0) is 12.0. The molecule has 0 aliphatic heterocycles. The molecule has 0 radical (unpaired) electrons. The fourth-order valence-electron chi connectivity index (χ4n) is 1.44. The molecule has 2 N–H and O–H groups in total. The Morgan fingerprint density at radius 1 is 1.38 bits per heavy atom. The van der Waals surface area contributed by atoms with Crippen molar-refractivity contribution >= 4 is 11.8 Å². The minimum Gasteiger partial charge on any atom is -0.324 e. The van der Waals surface area contributed by atoms with Crippen molar-refractivity contribution in [1.29, 1.82) is 0 Å². The van der Waals surface area contributed by atoms with Crippen LogP contribution in [0.15, 0.2) is 5.16 Å². The summed E-state index contributed by atoms with van der Waals surface area (Å²) in [6, 6.07) is 0. The fraction of sp³-hybridized carbons (Fsp3) is 0.800. The van der Waals surface area contributed by atoms with Gasteiger partial charge in [-0.2, -0.15) is 0 Å². The van der Waals surface area contributed by atoms with Crippen LogP contribution in [0.5, 0.6) is 0 Å². The number of aromatic nitrogens is 3. The lowest BCUT2D eigenvalue weighted by Gasteiger charge is -2.09. The Labute approximate surface area is 101 Å². The van der Waals surface area contributed by atoms with Crippen molar-refractivity contribution in [3.05, 3.63) is 5.82 Å². The van der Waals surface area contributed by atoms with Crippen molar-refractivity contribution in [2.45, 2.75) is 31.6 Å². The molecule has 0 aliphatic carbocycles. The second-order valence-electron chi connectivity index (χ2n) is 3.85. The fourth-order valence-corrected chi connectivity index (χ4v) is 2.38. The molecule has 6 heteroatoms. The lowest BCUT2D eigenvalue weighted by Crippen LogP contribution is -2.13. The molecule has 1 rings (SSSR count). The molecule has 0 bridgehead atoms. The lowest BCUT2D eigenvalue weighted by atomic mass is 10.5. The van der Waals surface area contributed by atoms with Crippen LogP contribution in [-0.2, 0) is 13.1 Å². The average Bonchev–Trinajstić information content (AvgIpc) is 2.66. The van der Waals surface area contributed by atoms with Gasteiger partial charge in [0.15, 0.2) is 5.16 Å². The molecule has 0 spiro atoms. The molecule has 0 aromatic carbocycles. The van der Waals surface area contributed by atoms with Crippen LogP contribution >= 0.6 is 11.8 Å². The summed E-state index contributed by atoms with van der Waals surface area (Å²) in [5, 5.41) is 9.22. The van der Waals surface area contributed by atoms with Crippen LogP contribution < -0.4 is 5.73 Å². The maximum absolute atomic E-state index is 5.59. The molecule has 1 aromatic rings. The van der Waals surface area contributed by atoms with Crippen LogP contribution in [0.4, 0.5) is 0 Å². The third kappa shape index (κ3) is 3.77. The van der Waals surface area contributed by atoms with E-state index in [0.717, 1.165) is 36.2 Å². The summed E-state index contributed by atoms with van der Waals surface area (Å²) in [6.45, 7) is 4.54. The van der Waals surface area contributed by atoms with Gasteiger partial charge in [0.1, 0.15) is 5.82 Å². The van der Waals surface area contributed by atoms with Crippen LogP contribution in [0.1, 0.15) is 19.2 Å². The van der Waals surface area contributed by atoms with Crippen LogP contribution in [0.3, 0.4) is 0 Å². The molecule has 92 valence electrons. The highest BCUT2D eigenvalue weighted by Gasteiger charge is 2.09. The second kappa shape index (κ2) is 6.88. The normalized spacial score (nSPS) is 11.3. The SMILES string of the molecule is CCn1c(CN)nnc1SCCCN(C)C. The molecule has 1 heterocycles. The first-order valence-corrected chi connectivity index (χ1v) is 6.57. The summed E-state index contributed by atoms with van der Waals surface area (Å²) in [5.41, 5.74) is 5.59.